The zero-order chi connectivity index (χ0) is 16.9. The Balaban J connectivity index is 2.36. The number of halogens is 1. The molecule has 0 aliphatic carbocycles. The highest BCUT2D eigenvalue weighted by molar-refractivity contribution is 7.54. The van der Waals surface area contributed by atoms with Crippen molar-refractivity contribution in [1.82, 2.24) is 0 Å². The molecule has 1 unspecified atom stereocenters. The van der Waals surface area contributed by atoms with E-state index in [-0.39, 0.29) is 0 Å². The minimum atomic E-state index is -3.40. The second-order valence-electron chi connectivity index (χ2n) is 4.73. The summed E-state index contributed by atoms with van der Waals surface area (Å²) in [6, 6.07) is 14.3. The molecule has 1 atom stereocenters. The highest BCUT2D eigenvalue weighted by Crippen LogP contribution is 2.59. The molecule has 0 heterocycles. The van der Waals surface area contributed by atoms with Crippen LogP contribution in [-0.4, -0.2) is 21.3 Å². The summed E-state index contributed by atoms with van der Waals surface area (Å²) in [5, 5.41) is 3.80. The number of hydrogen-bond acceptors (Lipinski definition) is 5. The Morgan fingerprint density at radius 3 is 2.00 bits per heavy atom. The second kappa shape index (κ2) is 7.84. The molecule has 0 aromatic heterocycles. The highest BCUT2D eigenvalue weighted by atomic mass is 35.5. The maximum Gasteiger partial charge on any atom is 0.356 e. The summed E-state index contributed by atoms with van der Waals surface area (Å²) in [6.07, 6.45) is 0. The first-order valence-electron chi connectivity index (χ1n) is 6.89. The van der Waals surface area contributed by atoms with Gasteiger partial charge in [-0.25, -0.2) is 0 Å². The fourth-order valence-electron chi connectivity index (χ4n) is 2.12. The van der Waals surface area contributed by atoms with E-state index >= 15 is 0 Å². The van der Waals surface area contributed by atoms with Crippen molar-refractivity contribution in [3.05, 3.63) is 59.1 Å². The average molecular weight is 356 g/mol. The number of ether oxygens (including phenoxy) is 1. The van der Waals surface area contributed by atoms with Gasteiger partial charge < -0.3 is 19.1 Å². The van der Waals surface area contributed by atoms with Crippen molar-refractivity contribution in [2.75, 3.05) is 26.6 Å². The normalized spacial score (nSPS) is 12.7. The van der Waals surface area contributed by atoms with Crippen LogP contribution in [-0.2, 0) is 13.6 Å². The maximum atomic E-state index is 12.9. The molecular weight excluding hydrogens is 337 g/mol. The van der Waals surface area contributed by atoms with Crippen LogP contribution in [0.4, 0.5) is 5.69 Å². The van der Waals surface area contributed by atoms with Crippen LogP contribution in [0.1, 0.15) is 11.3 Å². The third-order valence-corrected chi connectivity index (χ3v) is 5.73. The van der Waals surface area contributed by atoms with Gasteiger partial charge in [-0.1, -0.05) is 23.7 Å². The smallest absolute Gasteiger partial charge is 0.356 e. The van der Waals surface area contributed by atoms with Gasteiger partial charge in [0.2, 0.25) is 0 Å². The minimum Gasteiger partial charge on any atom is -0.497 e. The van der Waals surface area contributed by atoms with Crippen molar-refractivity contribution in [3.8, 4) is 5.75 Å². The molecule has 0 aliphatic heterocycles. The molecule has 1 N–H and O–H groups in total. The summed E-state index contributed by atoms with van der Waals surface area (Å²) < 4.78 is 28.4. The van der Waals surface area contributed by atoms with Crippen molar-refractivity contribution in [2.45, 2.75) is 5.78 Å². The van der Waals surface area contributed by atoms with Crippen LogP contribution >= 0.6 is 19.2 Å². The largest absolute Gasteiger partial charge is 0.497 e. The number of anilines is 1. The van der Waals surface area contributed by atoms with E-state index < -0.39 is 13.4 Å². The van der Waals surface area contributed by atoms with E-state index in [0.29, 0.717) is 5.02 Å². The third-order valence-electron chi connectivity index (χ3n) is 3.40. The molecule has 23 heavy (non-hydrogen) atoms. The first-order chi connectivity index (χ1) is 11.0. The van der Waals surface area contributed by atoms with Crippen LogP contribution in [0.3, 0.4) is 0 Å². The van der Waals surface area contributed by atoms with Gasteiger partial charge >= 0.3 is 7.60 Å². The third kappa shape index (κ3) is 4.27. The lowest BCUT2D eigenvalue weighted by Crippen LogP contribution is -2.13. The number of benzene rings is 2. The van der Waals surface area contributed by atoms with E-state index in [1.54, 1.807) is 31.4 Å². The van der Waals surface area contributed by atoms with Crippen LogP contribution in [0.5, 0.6) is 5.75 Å². The molecular formula is C16H19ClNO4P. The Hall–Kier alpha value is -1.52. The van der Waals surface area contributed by atoms with Gasteiger partial charge in [0.1, 0.15) is 5.75 Å². The quantitative estimate of drug-likeness (QED) is 0.712. The summed E-state index contributed by atoms with van der Waals surface area (Å²) in [6.45, 7) is 0. The van der Waals surface area contributed by atoms with Gasteiger partial charge in [-0.3, -0.25) is 4.57 Å². The Labute approximate surface area is 141 Å². The maximum absolute atomic E-state index is 12.9. The van der Waals surface area contributed by atoms with Gasteiger partial charge in [-0.15, -0.1) is 0 Å². The fraction of sp³-hybridized carbons (Fsp3) is 0.250. The number of rotatable bonds is 7. The molecule has 124 valence electrons. The molecule has 0 bridgehead atoms. The van der Waals surface area contributed by atoms with Crippen LogP contribution in [0.25, 0.3) is 0 Å². The molecule has 5 nitrogen and oxygen atoms in total. The van der Waals surface area contributed by atoms with E-state index in [1.807, 2.05) is 24.3 Å². The molecule has 0 radical (unpaired) electrons. The molecule has 0 fully saturated rings. The Morgan fingerprint density at radius 1 is 0.957 bits per heavy atom. The summed E-state index contributed by atoms with van der Waals surface area (Å²) in [7, 11) is 0.930. The fourth-order valence-corrected chi connectivity index (χ4v) is 3.66. The molecule has 2 rings (SSSR count). The minimum absolute atomic E-state index is 0.599. The first-order valence-corrected chi connectivity index (χ1v) is 8.88. The van der Waals surface area contributed by atoms with E-state index in [4.69, 9.17) is 25.4 Å². The van der Waals surface area contributed by atoms with Gasteiger partial charge in [0.05, 0.1) is 7.11 Å². The lowest BCUT2D eigenvalue weighted by molar-refractivity contribution is 0.268. The van der Waals surface area contributed by atoms with Crippen molar-refractivity contribution in [3.63, 3.8) is 0 Å². The monoisotopic (exact) mass is 355 g/mol. The zero-order valence-electron chi connectivity index (χ0n) is 13.2. The van der Waals surface area contributed by atoms with Gasteiger partial charge in [0.25, 0.3) is 0 Å². The predicted molar refractivity (Wildman–Crippen MR) is 92.4 cm³/mol. The summed E-state index contributed by atoms with van der Waals surface area (Å²) in [4.78, 5) is 0. The summed E-state index contributed by atoms with van der Waals surface area (Å²) in [5.41, 5.74) is 1.51. The van der Waals surface area contributed by atoms with E-state index in [1.165, 1.54) is 14.2 Å². The van der Waals surface area contributed by atoms with Gasteiger partial charge in [0, 0.05) is 24.9 Å². The van der Waals surface area contributed by atoms with Crippen molar-refractivity contribution in [2.24, 2.45) is 0 Å². The molecule has 7 heteroatoms. The molecule has 0 saturated heterocycles. The highest BCUT2D eigenvalue weighted by Gasteiger charge is 2.35. The number of hydrogen-bond donors (Lipinski definition) is 1. The van der Waals surface area contributed by atoms with Crippen molar-refractivity contribution < 1.29 is 18.3 Å². The van der Waals surface area contributed by atoms with E-state index in [9.17, 15) is 4.57 Å². The molecule has 0 spiro atoms. The van der Waals surface area contributed by atoms with E-state index in [2.05, 4.69) is 5.32 Å². The van der Waals surface area contributed by atoms with Gasteiger partial charge in [-0.2, -0.15) is 0 Å². The lowest BCUT2D eigenvalue weighted by atomic mass is 10.2. The van der Waals surface area contributed by atoms with Crippen molar-refractivity contribution in [1.29, 1.82) is 0 Å². The van der Waals surface area contributed by atoms with Gasteiger partial charge in [-0.05, 0) is 42.0 Å². The topological polar surface area (TPSA) is 56.8 Å². The van der Waals surface area contributed by atoms with Crippen LogP contribution in [0, 0.1) is 0 Å². The number of methoxy groups -OCH3 is 1. The molecule has 2 aromatic carbocycles. The SMILES string of the molecule is COc1ccc(NC(c2ccc(Cl)cc2)P(=O)(OC)OC)cc1. The standard InChI is InChI=1S/C16H19ClNO4P/c1-20-15-10-8-14(9-11-15)18-16(23(19,21-2)22-3)12-4-6-13(17)7-5-12/h4-11,16,18H,1-3H3. The Bertz CT molecular complexity index is 667. The second-order valence-corrected chi connectivity index (χ2v) is 7.49. The molecule has 0 amide bonds. The average Bonchev–Trinajstić information content (AvgIpc) is 2.60. The Kier molecular flexibility index (Phi) is 6.08. The van der Waals surface area contributed by atoms with Crippen LogP contribution in [0.15, 0.2) is 48.5 Å². The van der Waals surface area contributed by atoms with Crippen molar-refractivity contribution >= 4 is 24.9 Å². The molecule has 0 aliphatic rings. The Morgan fingerprint density at radius 2 is 1.52 bits per heavy atom. The predicted octanol–water partition coefficient (Wildman–Crippen LogP) is 4.95. The summed E-state index contributed by atoms with van der Waals surface area (Å²) in [5.74, 6) is 0.0726. The zero-order valence-corrected chi connectivity index (χ0v) is 14.8. The van der Waals surface area contributed by atoms with Crippen LogP contribution < -0.4 is 10.1 Å². The molecule has 2 aromatic rings. The molecule has 0 saturated carbocycles. The van der Waals surface area contributed by atoms with E-state index in [0.717, 1.165) is 17.0 Å². The number of nitrogens with one attached hydrogen (secondary N) is 1. The van der Waals surface area contributed by atoms with Gasteiger partial charge in [0.15, 0.2) is 5.78 Å². The summed E-state index contributed by atoms with van der Waals surface area (Å²) >= 11 is 5.93. The lowest BCUT2D eigenvalue weighted by Gasteiger charge is -2.26. The van der Waals surface area contributed by atoms with Crippen LogP contribution in [0.2, 0.25) is 5.02 Å². The first kappa shape index (κ1) is 17.8.